The Morgan fingerprint density at radius 3 is 2.73 bits per heavy atom. The van der Waals surface area contributed by atoms with E-state index in [1.807, 2.05) is 0 Å². The lowest BCUT2D eigenvalue weighted by Crippen LogP contribution is -2.13. The second kappa shape index (κ2) is 3.81. The maximum Gasteiger partial charge on any atom is -0.0137 e. The zero-order valence-corrected chi connectivity index (χ0v) is 10.6. The molecule has 0 amide bonds. The fraction of sp³-hybridized carbons (Fsp3) is 0.733. The third-order valence-electron chi connectivity index (χ3n) is 4.09. The van der Waals surface area contributed by atoms with Gasteiger partial charge in [-0.15, -0.1) is 0 Å². The Kier molecular flexibility index (Phi) is 2.79. The lowest BCUT2D eigenvalue weighted by atomic mass is 9.79. The van der Waals surface area contributed by atoms with Crippen LogP contribution in [0.4, 0.5) is 0 Å². The minimum Gasteiger partial charge on any atom is -0.0847 e. The van der Waals surface area contributed by atoms with E-state index >= 15 is 0 Å². The van der Waals surface area contributed by atoms with Crippen LogP contribution in [0.3, 0.4) is 0 Å². The van der Waals surface area contributed by atoms with E-state index in [2.05, 4.69) is 39.8 Å². The maximum atomic E-state index is 2.58. The minimum absolute atomic E-state index is 0.369. The summed E-state index contributed by atoms with van der Waals surface area (Å²) in [6.07, 6.45) is 10.4. The van der Waals surface area contributed by atoms with Gasteiger partial charge in [-0.1, -0.05) is 44.1 Å². The molecule has 0 heterocycles. The van der Waals surface area contributed by atoms with Gasteiger partial charge in [-0.05, 0) is 49.9 Å². The van der Waals surface area contributed by atoms with Crippen molar-refractivity contribution in [2.45, 2.75) is 53.4 Å². The van der Waals surface area contributed by atoms with Crippen molar-refractivity contribution in [3.05, 3.63) is 23.3 Å². The van der Waals surface area contributed by atoms with Crippen molar-refractivity contribution >= 4 is 0 Å². The van der Waals surface area contributed by atoms with Crippen molar-refractivity contribution in [1.29, 1.82) is 0 Å². The highest BCUT2D eigenvalue weighted by Crippen LogP contribution is 2.44. The first-order valence-corrected chi connectivity index (χ1v) is 6.36. The highest BCUT2D eigenvalue weighted by atomic mass is 14.4. The van der Waals surface area contributed by atoms with Crippen molar-refractivity contribution in [1.82, 2.24) is 0 Å². The van der Waals surface area contributed by atoms with Crippen LogP contribution in [0.5, 0.6) is 0 Å². The zero-order valence-electron chi connectivity index (χ0n) is 10.6. The van der Waals surface area contributed by atoms with Crippen LogP contribution in [0.15, 0.2) is 23.3 Å². The fourth-order valence-corrected chi connectivity index (χ4v) is 3.09. The summed E-state index contributed by atoms with van der Waals surface area (Å²) in [5, 5.41) is 0. The molecule has 2 unspecified atom stereocenters. The summed E-state index contributed by atoms with van der Waals surface area (Å²) in [7, 11) is 0. The van der Waals surface area contributed by atoms with Gasteiger partial charge in [0.15, 0.2) is 0 Å². The van der Waals surface area contributed by atoms with Crippen LogP contribution in [0.1, 0.15) is 53.4 Å². The summed E-state index contributed by atoms with van der Waals surface area (Å²) in [6, 6.07) is 0. The summed E-state index contributed by atoms with van der Waals surface area (Å²) in [4.78, 5) is 0. The monoisotopic (exact) mass is 204 g/mol. The van der Waals surface area contributed by atoms with Crippen LogP contribution in [-0.4, -0.2) is 0 Å². The predicted octanol–water partition coefficient (Wildman–Crippen LogP) is 4.73. The van der Waals surface area contributed by atoms with Crippen LogP contribution >= 0.6 is 0 Å². The molecule has 0 aromatic carbocycles. The highest BCUT2D eigenvalue weighted by Gasteiger charge is 2.30. The number of hydrogen-bond donors (Lipinski definition) is 0. The van der Waals surface area contributed by atoms with E-state index in [0.717, 1.165) is 11.8 Å². The molecule has 84 valence electrons. The molecule has 2 aliphatic rings. The molecule has 0 aromatic rings. The first-order chi connectivity index (χ1) is 6.98. The molecule has 0 radical (unpaired) electrons. The van der Waals surface area contributed by atoms with Gasteiger partial charge in [0.25, 0.3) is 0 Å². The summed E-state index contributed by atoms with van der Waals surface area (Å²) < 4.78 is 0. The van der Waals surface area contributed by atoms with Crippen molar-refractivity contribution in [3.8, 4) is 0 Å². The van der Waals surface area contributed by atoms with Gasteiger partial charge >= 0.3 is 0 Å². The van der Waals surface area contributed by atoms with E-state index < -0.39 is 0 Å². The number of hydrogen-bond acceptors (Lipinski definition) is 0. The molecule has 1 fully saturated rings. The Hall–Kier alpha value is -0.520. The molecule has 0 spiro atoms. The molecule has 0 saturated heterocycles. The van der Waals surface area contributed by atoms with Crippen LogP contribution in [0.25, 0.3) is 0 Å². The Balaban J connectivity index is 2.32. The second-order valence-electron chi connectivity index (χ2n) is 6.27. The van der Waals surface area contributed by atoms with Gasteiger partial charge in [0.1, 0.15) is 0 Å². The SMILES string of the molecule is CC1=CCC(C)(C)C=C2C(C)CCC2C1. The normalized spacial score (nSPS) is 34.9. The summed E-state index contributed by atoms with van der Waals surface area (Å²) in [5.41, 5.74) is 3.73. The Bertz CT molecular complexity index is 304. The van der Waals surface area contributed by atoms with Crippen molar-refractivity contribution < 1.29 is 0 Å². The molecular formula is C15H24. The van der Waals surface area contributed by atoms with Crippen molar-refractivity contribution in [2.75, 3.05) is 0 Å². The quantitative estimate of drug-likeness (QED) is 0.501. The van der Waals surface area contributed by atoms with Gasteiger partial charge in [0.05, 0.1) is 0 Å². The Morgan fingerprint density at radius 2 is 2.00 bits per heavy atom. The Labute approximate surface area is 94.5 Å². The molecule has 0 aromatic heterocycles. The molecule has 15 heavy (non-hydrogen) atoms. The number of allylic oxidation sites excluding steroid dienone is 4. The molecule has 0 N–H and O–H groups in total. The van der Waals surface area contributed by atoms with Crippen molar-refractivity contribution in [3.63, 3.8) is 0 Å². The van der Waals surface area contributed by atoms with E-state index in [1.54, 1.807) is 11.1 Å². The minimum atomic E-state index is 0.369. The molecule has 0 heteroatoms. The van der Waals surface area contributed by atoms with Gasteiger partial charge in [0, 0.05) is 0 Å². The lowest BCUT2D eigenvalue weighted by molar-refractivity contribution is 0.462. The van der Waals surface area contributed by atoms with E-state index in [1.165, 1.54) is 25.7 Å². The highest BCUT2D eigenvalue weighted by molar-refractivity contribution is 5.23. The van der Waals surface area contributed by atoms with Crippen LogP contribution in [0, 0.1) is 17.3 Å². The largest absolute Gasteiger partial charge is 0.0847 e. The Morgan fingerprint density at radius 1 is 1.27 bits per heavy atom. The summed E-state index contributed by atoms with van der Waals surface area (Å²) >= 11 is 0. The van der Waals surface area contributed by atoms with Gasteiger partial charge in [-0.2, -0.15) is 0 Å². The molecule has 0 nitrogen and oxygen atoms in total. The maximum absolute atomic E-state index is 2.58. The second-order valence-corrected chi connectivity index (χ2v) is 6.27. The van der Waals surface area contributed by atoms with E-state index in [-0.39, 0.29) is 0 Å². The van der Waals surface area contributed by atoms with Gasteiger partial charge < -0.3 is 0 Å². The third-order valence-corrected chi connectivity index (χ3v) is 4.09. The number of rotatable bonds is 0. The van der Waals surface area contributed by atoms with E-state index in [9.17, 15) is 0 Å². The lowest BCUT2D eigenvalue weighted by Gasteiger charge is -2.27. The average molecular weight is 204 g/mol. The zero-order chi connectivity index (χ0) is 11.1. The smallest absolute Gasteiger partial charge is 0.0137 e. The third kappa shape index (κ3) is 2.35. The van der Waals surface area contributed by atoms with Gasteiger partial charge in [-0.25, -0.2) is 0 Å². The van der Waals surface area contributed by atoms with Gasteiger partial charge in [0.2, 0.25) is 0 Å². The molecule has 2 aliphatic carbocycles. The van der Waals surface area contributed by atoms with E-state index in [0.29, 0.717) is 5.41 Å². The molecule has 0 aliphatic heterocycles. The van der Waals surface area contributed by atoms with Crippen LogP contribution in [-0.2, 0) is 0 Å². The van der Waals surface area contributed by atoms with E-state index in [4.69, 9.17) is 0 Å². The standard InChI is InChI=1S/C15H24/c1-11-7-8-15(3,4)10-14-12(2)5-6-13(14)9-11/h7,10,12-13H,5-6,8-9H2,1-4H3. The summed E-state index contributed by atoms with van der Waals surface area (Å²) in [6.45, 7) is 9.46. The summed E-state index contributed by atoms with van der Waals surface area (Å²) in [5.74, 6) is 1.69. The molecule has 1 saturated carbocycles. The molecule has 2 atom stereocenters. The van der Waals surface area contributed by atoms with Gasteiger partial charge in [-0.3, -0.25) is 0 Å². The first-order valence-electron chi connectivity index (χ1n) is 6.36. The topological polar surface area (TPSA) is 0 Å². The molecule has 0 bridgehead atoms. The first kappa shape index (κ1) is 11.0. The predicted molar refractivity (Wildman–Crippen MR) is 66.7 cm³/mol. The fourth-order valence-electron chi connectivity index (χ4n) is 3.09. The molecule has 2 rings (SSSR count). The number of fused-ring (bicyclic) bond motifs is 1. The van der Waals surface area contributed by atoms with Crippen molar-refractivity contribution in [2.24, 2.45) is 17.3 Å². The molecular weight excluding hydrogens is 180 g/mol. The average Bonchev–Trinajstić information content (AvgIpc) is 2.44. The van der Waals surface area contributed by atoms with Crippen LogP contribution in [0.2, 0.25) is 0 Å². The van der Waals surface area contributed by atoms with Crippen LogP contribution < -0.4 is 0 Å².